The quantitative estimate of drug-likeness (QED) is 0.767. The van der Waals surface area contributed by atoms with Gasteiger partial charge in [0.1, 0.15) is 12.9 Å². The molecule has 9 nitrogen and oxygen atoms in total. The lowest BCUT2D eigenvalue weighted by molar-refractivity contribution is -0.143. The van der Waals surface area contributed by atoms with Gasteiger partial charge in [0, 0.05) is 19.6 Å². The number of hydrogen-bond donors (Lipinski definition) is 0. The molecule has 0 radical (unpaired) electrons. The minimum atomic E-state index is -0.350. The van der Waals surface area contributed by atoms with Gasteiger partial charge in [-0.05, 0) is 20.8 Å². The molecular formula is C14H20N6O3. The Balaban J connectivity index is 1.82. The predicted molar refractivity (Wildman–Crippen MR) is 81.8 cm³/mol. The first-order valence-electron chi connectivity index (χ1n) is 7.71. The van der Waals surface area contributed by atoms with Crippen molar-refractivity contribution >= 4 is 17.1 Å². The molecule has 23 heavy (non-hydrogen) atoms. The maximum Gasteiger partial charge on any atom is 0.283 e. The van der Waals surface area contributed by atoms with E-state index in [9.17, 15) is 9.59 Å². The van der Waals surface area contributed by atoms with Gasteiger partial charge in [0.2, 0.25) is 5.91 Å². The summed E-state index contributed by atoms with van der Waals surface area (Å²) in [7, 11) is 0. The maximum atomic E-state index is 12.4. The van der Waals surface area contributed by atoms with Gasteiger partial charge in [-0.1, -0.05) is 5.21 Å². The molecule has 1 fully saturated rings. The molecule has 0 aromatic carbocycles. The normalized spacial score (nSPS) is 21.8. The molecule has 0 unspecified atom stereocenters. The second-order valence-corrected chi connectivity index (χ2v) is 5.81. The van der Waals surface area contributed by atoms with Crippen molar-refractivity contribution in [1.29, 1.82) is 0 Å². The van der Waals surface area contributed by atoms with Gasteiger partial charge in [-0.2, -0.15) is 0 Å². The zero-order valence-electron chi connectivity index (χ0n) is 13.5. The Kier molecular flexibility index (Phi) is 4.12. The fourth-order valence-corrected chi connectivity index (χ4v) is 2.84. The second-order valence-electron chi connectivity index (χ2n) is 5.81. The number of hydrogen-bond acceptors (Lipinski definition) is 6. The summed E-state index contributed by atoms with van der Waals surface area (Å²) in [5, 5.41) is 7.75. The lowest BCUT2D eigenvalue weighted by Crippen LogP contribution is -2.49. The Morgan fingerprint density at radius 3 is 2.70 bits per heavy atom. The van der Waals surface area contributed by atoms with Crippen LogP contribution in [0.5, 0.6) is 0 Å². The third-order valence-corrected chi connectivity index (χ3v) is 3.87. The van der Waals surface area contributed by atoms with Crippen molar-refractivity contribution < 1.29 is 9.53 Å². The fourth-order valence-electron chi connectivity index (χ4n) is 2.84. The molecule has 0 spiro atoms. The van der Waals surface area contributed by atoms with E-state index in [0.29, 0.717) is 25.3 Å². The summed E-state index contributed by atoms with van der Waals surface area (Å²) in [6.45, 7) is 7.33. The van der Waals surface area contributed by atoms with Crippen LogP contribution in [-0.2, 0) is 22.6 Å². The van der Waals surface area contributed by atoms with E-state index in [1.165, 1.54) is 10.9 Å². The van der Waals surface area contributed by atoms with E-state index < -0.39 is 0 Å². The number of carbonyl (C=O) groups excluding carboxylic acids is 1. The summed E-state index contributed by atoms with van der Waals surface area (Å²) in [5.74, 6) is -0.127. The Bertz CT molecular complexity index is 772. The molecule has 2 aromatic heterocycles. The number of amides is 1. The molecule has 1 saturated heterocycles. The second kappa shape index (κ2) is 6.07. The zero-order chi connectivity index (χ0) is 16.6. The average molecular weight is 320 g/mol. The molecule has 0 N–H and O–H groups in total. The molecule has 9 heteroatoms. The van der Waals surface area contributed by atoms with E-state index in [-0.39, 0.29) is 35.7 Å². The van der Waals surface area contributed by atoms with Crippen LogP contribution in [0.25, 0.3) is 11.2 Å². The number of fused-ring (bicyclic) bond motifs is 1. The summed E-state index contributed by atoms with van der Waals surface area (Å²) in [6, 6.07) is 0. The summed E-state index contributed by atoms with van der Waals surface area (Å²) < 4.78 is 8.45. The van der Waals surface area contributed by atoms with Crippen molar-refractivity contribution in [3.05, 3.63) is 16.7 Å². The van der Waals surface area contributed by atoms with E-state index in [2.05, 4.69) is 15.3 Å². The Hall–Kier alpha value is -2.29. The van der Waals surface area contributed by atoms with Crippen LogP contribution in [0.2, 0.25) is 0 Å². The summed E-state index contributed by atoms with van der Waals surface area (Å²) in [5.41, 5.74) is 0.276. The van der Waals surface area contributed by atoms with Gasteiger partial charge in [-0.25, -0.2) is 9.67 Å². The van der Waals surface area contributed by atoms with Crippen molar-refractivity contribution in [2.45, 2.75) is 46.1 Å². The van der Waals surface area contributed by atoms with Gasteiger partial charge in [-0.15, -0.1) is 5.10 Å². The predicted octanol–water partition coefficient (Wildman–Crippen LogP) is -0.356. The van der Waals surface area contributed by atoms with Gasteiger partial charge in [0.15, 0.2) is 11.2 Å². The van der Waals surface area contributed by atoms with Crippen molar-refractivity contribution in [1.82, 2.24) is 29.4 Å². The van der Waals surface area contributed by atoms with Crippen molar-refractivity contribution in [3.63, 3.8) is 0 Å². The highest BCUT2D eigenvalue weighted by Gasteiger charge is 2.26. The van der Waals surface area contributed by atoms with Crippen LogP contribution >= 0.6 is 0 Å². The van der Waals surface area contributed by atoms with Crippen LogP contribution in [0, 0.1) is 0 Å². The molecule has 124 valence electrons. The molecule has 0 saturated carbocycles. The minimum absolute atomic E-state index is 0.00974. The lowest BCUT2D eigenvalue weighted by atomic mass is 10.2. The lowest BCUT2D eigenvalue weighted by Gasteiger charge is -2.35. The molecule has 3 rings (SSSR count). The van der Waals surface area contributed by atoms with Crippen LogP contribution < -0.4 is 5.56 Å². The van der Waals surface area contributed by atoms with E-state index >= 15 is 0 Å². The fraction of sp³-hybridized carbons (Fsp3) is 0.643. The first kappa shape index (κ1) is 15.6. The van der Waals surface area contributed by atoms with Crippen LogP contribution in [0.1, 0.15) is 20.8 Å². The first-order chi connectivity index (χ1) is 11.0. The smallest absolute Gasteiger partial charge is 0.283 e. The number of rotatable bonds is 3. The highest BCUT2D eigenvalue weighted by Crippen LogP contribution is 2.11. The summed E-state index contributed by atoms with van der Waals surface area (Å²) in [6.07, 6.45) is 1.36. The molecular weight excluding hydrogens is 300 g/mol. The highest BCUT2D eigenvalue weighted by molar-refractivity contribution is 5.76. The standard InChI is InChI=1S/C14H20N6O3/c1-4-20-13-12(16-17-20)14(22)19(8-15-13)7-11(21)18-5-9(2)23-10(3)6-18/h8-10H,4-7H2,1-3H3/t9-,10+. The zero-order valence-corrected chi connectivity index (χ0v) is 13.5. The topological polar surface area (TPSA) is 95.1 Å². The van der Waals surface area contributed by atoms with Crippen molar-refractivity contribution in [3.8, 4) is 0 Å². The van der Waals surface area contributed by atoms with E-state index in [1.54, 1.807) is 9.58 Å². The molecule has 1 amide bonds. The molecule has 1 aliphatic rings. The largest absolute Gasteiger partial charge is 0.372 e. The van der Waals surface area contributed by atoms with Gasteiger partial charge in [0.25, 0.3) is 5.56 Å². The van der Waals surface area contributed by atoms with Gasteiger partial charge in [0.05, 0.1) is 12.2 Å². The number of aromatic nitrogens is 5. The van der Waals surface area contributed by atoms with Crippen LogP contribution in [0.3, 0.4) is 0 Å². The van der Waals surface area contributed by atoms with Crippen LogP contribution in [-0.4, -0.2) is 60.6 Å². The SMILES string of the molecule is CCn1nnc2c(=O)n(CC(=O)N3C[C@@H](C)O[C@@H](C)C3)cnc21. The summed E-state index contributed by atoms with van der Waals surface area (Å²) in [4.78, 5) is 30.8. The number of ether oxygens (including phenoxy) is 1. The molecule has 3 heterocycles. The maximum absolute atomic E-state index is 12.4. The van der Waals surface area contributed by atoms with Gasteiger partial charge in [-0.3, -0.25) is 14.2 Å². The van der Waals surface area contributed by atoms with Gasteiger partial charge < -0.3 is 9.64 Å². The van der Waals surface area contributed by atoms with Gasteiger partial charge >= 0.3 is 0 Å². The minimum Gasteiger partial charge on any atom is -0.372 e. The number of morpholine rings is 1. The Morgan fingerprint density at radius 2 is 2.04 bits per heavy atom. The van der Waals surface area contributed by atoms with E-state index in [4.69, 9.17) is 4.74 Å². The van der Waals surface area contributed by atoms with Crippen LogP contribution in [0.15, 0.2) is 11.1 Å². The van der Waals surface area contributed by atoms with Crippen molar-refractivity contribution in [2.24, 2.45) is 0 Å². The molecule has 1 aliphatic heterocycles. The Morgan fingerprint density at radius 1 is 1.35 bits per heavy atom. The van der Waals surface area contributed by atoms with E-state index in [0.717, 1.165) is 0 Å². The van der Waals surface area contributed by atoms with Crippen LogP contribution in [0.4, 0.5) is 0 Å². The third kappa shape index (κ3) is 2.96. The van der Waals surface area contributed by atoms with E-state index in [1.807, 2.05) is 20.8 Å². The third-order valence-electron chi connectivity index (χ3n) is 3.87. The molecule has 2 aromatic rings. The number of nitrogens with zero attached hydrogens (tertiary/aromatic N) is 6. The molecule has 0 bridgehead atoms. The Labute approximate surface area is 132 Å². The average Bonchev–Trinajstić information content (AvgIpc) is 2.92. The molecule has 2 atom stereocenters. The number of carbonyl (C=O) groups is 1. The summed E-state index contributed by atoms with van der Waals surface area (Å²) >= 11 is 0. The number of aryl methyl sites for hydroxylation is 1. The molecule has 0 aliphatic carbocycles. The highest BCUT2D eigenvalue weighted by atomic mass is 16.5. The monoisotopic (exact) mass is 320 g/mol. The first-order valence-corrected chi connectivity index (χ1v) is 7.71. The van der Waals surface area contributed by atoms with Crippen molar-refractivity contribution in [2.75, 3.05) is 13.1 Å².